The van der Waals surface area contributed by atoms with Crippen molar-refractivity contribution in [2.75, 3.05) is 18.8 Å². The first-order valence-corrected chi connectivity index (χ1v) is 10.1. The maximum atomic E-state index is 13.1. The van der Waals surface area contributed by atoms with E-state index in [1.165, 1.54) is 23.9 Å². The van der Waals surface area contributed by atoms with Crippen molar-refractivity contribution < 1.29 is 14.0 Å². The highest BCUT2D eigenvalue weighted by atomic mass is 32.2. The van der Waals surface area contributed by atoms with E-state index in [1.807, 2.05) is 30.0 Å². The van der Waals surface area contributed by atoms with Gasteiger partial charge in [-0.3, -0.25) is 9.59 Å². The molecule has 6 heteroatoms. The lowest BCUT2D eigenvalue weighted by Crippen LogP contribution is -2.29. The number of nitrogens with one attached hydrogen (secondary N) is 1. The van der Waals surface area contributed by atoms with Crippen molar-refractivity contribution in [2.24, 2.45) is 0 Å². The lowest BCUT2D eigenvalue weighted by molar-refractivity contribution is -0.127. The number of thioether (sulfide) groups is 1. The van der Waals surface area contributed by atoms with Crippen LogP contribution in [-0.4, -0.2) is 35.6 Å². The van der Waals surface area contributed by atoms with Gasteiger partial charge in [-0.25, -0.2) is 4.39 Å². The van der Waals surface area contributed by atoms with Crippen LogP contribution in [0.5, 0.6) is 0 Å². The lowest BCUT2D eigenvalue weighted by atomic mass is 10.1. The summed E-state index contributed by atoms with van der Waals surface area (Å²) in [5, 5.41) is 2.95. The van der Waals surface area contributed by atoms with Crippen LogP contribution in [0.15, 0.2) is 53.4 Å². The largest absolute Gasteiger partial charge is 0.345 e. The normalized spacial score (nSPS) is 14.8. The highest BCUT2D eigenvalue weighted by molar-refractivity contribution is 8.00. The first kappa shape index (κ1) is 19.4. The fraction of sp³-hybridized carbons (Fsp3) is 0.333. The first-order valence-electron chi connectivity index (χ1n) is 9.10. The van der Waals surface area contributed by atoms with Crippen LogP contribution >= 0.6 is 11.8 Å². The van der Waals surface area contributed by atoms with Gasteiger partial charge in [0.2, 0.25) is 5.91 Å². The van der Waals surface area contributed by atoms with Crippen molar-refractivity contribution in [1.82, 2.24) is 10.2 Å². The molecular formula is C21H23FN2O2S. The molecule has 0 aromatic heterocycles. The van der Waals surface area contributed by atoms with Crippen LogP contribution in [0.2, 0.25) is 0 Å². The molecule has 1 N–H and O–H groups in total. The highest BCUT2D eigenvalue weighted by Gasteiger charge is 2.20. The van der Waals surface area contributed by atoms with Crippen LogP contribution in [0.3, 0.4) is 0 Å². The predicted molar refractivity (Wildman–Crippen MR) is 105 cm³/mol. The zero-order chi connectivity index (χ0) is 19.2. The van der Waals surface area contributed by atoms with Crippen molar-refractivity contribution in [3.8, 4) is 0 Å². The lowest BCUT2D eigenvalue weighted by Gasteiger charge is -2.17. The van der Waals surface area contributed by atoms with E-state index in [9.17, 15) is 14.0 Å². The molecule has 2 aromatic carbocycles. The summed E-state index contributed by atoms with van der Waals surface area (Å²) in [7, 11) is 0. The molecule has 1 fully saturated rings. The van der Waals surface area contributed by atoms with E-state index in [1.54, 1.807) is 18.2 Å². The van der Waals surface area contributed by atoms with Gasteiger partial charge in [0.25, 0.3) is 5.91 Å². The van der Waals surface area contributed by atoms with Crippen LogP contribution in [0.1, 0.15) is 41.7 Å². The summed E-state index contributed by atoms with van der Waals surface area (Å²) in [6.07, 6.45) is 2.13. The van der Waals surface area contributed by atoms with Gasteiger partial charge in [-0.15, -0.1) is 11.8 Å². The second-order valence-electron chi connectivity index (χ2n) is 6.62. The molecule has 1 atom stereocenters. The zero-order valence-electron chi connectivity index (χ0n) is 15.3. The van der Waals surface area contributed by atoms with Gasteiger partial charge in [0.15, 0.2) is 0 Å². The summed E-state index contributed by atoms with van der Waals surface area (Å²) in [5.74, 6) is -0.0599. The van der Waals surface area contributed by atoms with Crippen molar-refractivity contribution in [3.05, 3.63) is 65.5 Å². The molecule has 2 aromatic rings. The quantitative estimate of drug-likeness (QED) is 0.763. The van der Waals surface area contributed by atoms with Gasteiger partial charge in [0.1, 0.15) is 5.82 Å². The average molecular weight is 386 g/mol. The minimum Gasteiger partial charge on any atom is -0.345 e. The number of hydrogen-bond donors (Lipinski definition) is 1. The fourth-order valence-corrected chi connectivity index (χ4v) is 4.04. The van der Waals surface area contributed by atoms with E-state index >= 15 is 0 Å². The van der Waals surface area contributed by atoms with Crippen molar-refractivity contribution in [2.45, 2.75) is 30.7 Å². The zero-order valence-corrected chi connectivity index (χ0v) is 16.1. The molecule has 0 unspecified atom stereocenters. The van der Waals surface area contributed by atoms with Gasteiger partial charge in [-0.05, 0) is 49.6 Å². The number of carbonyl (C=O) groups excluding carboxylic acids is 2. The molecule has 0 radical (unpaired) electrons. The number of likely N-dealkylation sites (tertiary alicyclic amines) is 1. The molecule has 0 bridgehead atoms. The van der Waals surface area contributed by atoms with Crippen molar-refractivity contribution in [3.63, 3.8) is 0 Å². The van der Waals surface area contributed by atoms with Gasteiger partial charge in [0.05, 0.1) is 17.4 Å². The van der Waals surface area contributed by atoms with E-state index in [2.05, 4.69) is 5.32 Å². The van der Waals surface area contributed by atoms with Crippen LogP contribution < -0.4 is 5.32 Å². The second kappa shape index (κ2) is 9.04. The number of nitrogens with zero attached hydrogens (tertiary/aromatic N) is 1. The third-order valence-electron chi connectivity index (χ3n) is 4.66. The smallest absolute Gasteiger partial charge is 0.252 e. The number of carbonyl (C=O) groups is 2. The third-order valence-corrected chi connectivity index (χ3v) is 5.72. The fourth-order valence-electron chi connectivity index (χ4n) is 3.09. The van der Waals surface area contributed by atoms with E-state index in [0.29, 0.717) is 11.3 Å². The van der Waals surface area contributed by atoms with Crippen molar-refractivity contribution >= 4 is 23.6 Å². The molecule has 3 rings (SSSR count). The average Bonchev–Trinajstić information content (AvgIpc) is 3.21. The maximum absolute atomic E-state index is 13.1. The summed E-state index contributed by atoms with van der Waals surface area (Å²) < 4.78 is 13.1. The molecule has 1 aliphatic heterocycles. The Morgan fingerprint density at radius 3 is 2.48 bits per heavy atom. The predicted octanol–water partition coefficient (Wildman–Crippen LogP) is 4.03. The summed E-state index contributed by atoms with van der Waals surface area (Å²) in [4.78, 5) is 27.7. The van der Waals surface area contributed by atoms with Gasteiger partial charge in [0, 0.05) is 18.0 Å². The Morgan fingerprint density at radius 2 is 1.78 bits per heavy atom. The number of hydrogen-bond acceptors (Lipinski definition) is 3. The molecule has 0 spiro atoms. The Hall–Kier alpha value is -2.34. The summed E-state index contributed by atoms with van der Waals surface area (Å²) in [6.45, 7) is 3.52. The van der Waals surface area contributed by atoms with E-state index in [-0.39, 0.29) is 23.7 Å². The molecule has 0 saturated carbocycles. The minimum atomic E-state index is -0.304. The molecule has 27 heavy (non-hydrogen) atoms. The standard InChI is InChI=1S/C21H23FN2O2S/c1-15(16-8-10-17(22)11-9-16)23-21(26)18-6-2-3-7-19(18)27-14-20(25)24-12-4-5-13-24/h2-3,6-11,15H,4-5,12-14H2,1H3,(H,23,26)/t15-/m0/s1. The molecule has 1 aliphatic rings. The van der Waals surface area contributed by atoms with Gasteiger partial charge in [-0.1, -0.05) is 24.3 Å². The Labute approximate surface area is 163 Å². The third kappa shape index (κ3) is 5.10. The summed E-state index contributed by atoms with van der Waals surface area (Å²) in [5.41, 5.74) is 1.38. The van der Waals surface area contributed by atoms with E-state index in [4.69, 9.17) is 0 Å². The van der Waals surface area contributed by atoms with Crippen LogP contribution in [0.25, 0.3) is 0 Å². The Balaban J connectivity index is 1.64. The minimum absolute atomic E-state index is 0.118. The van der Waals surface area contributed by atoms with Crippen LogP contribution in [-0.2, 0) is 4.79 Å². The Kier molecular flexibility index (Phi) is 6.50. The Morgan fingerprint density at radius 1 is 1.11 bits per heavy atom. The van der Waals surface area contributed by atoms with E-state index < -0.39 is 0 Å². The number of halogens is 1. The SMILES string of the molecule is C[C@H](NC(=O)c1ccccc1SCC(=O)N1CCCC1)c1ccc(F)cc1. The topological polar surface area (TPSA) is 49.4 Å². The van der Waals surface area contributed by atoms with E-state index in [0.717, 1.165) is 36.4 Å². The molecule has 4 nitrogen and oxygen atoms in total. The summed E-state index contributed by atoms with van der Waals surface area (Å²) >= 11 is 1.39. The monoisotopic (exact) mass is 386 g/mol. The molecule has 1 heterocycles. The molecule has 0 aliphatic carbocycles. The molecular weight excluding hydrogens is 363 g/mol. The maximum Gasteiger partial charge on any atom is 0.252 e. The number of benzene rings is 2. The number of rotatable bonds is 6. The molecule has 142 valence electrons. The highest BCUT2D eigenvalue weighted by Crippen LogP contribution is 2.24. The second-order valence-corrected chi connectivity index (χ2v) is 7.64. The van der Waals surface area contributed by atoms with Crippen LogP contribution in [0.4, 0.5) is 4.39 Å². The number of amides is 2. The van der Waals surface area contributed by atoms with Crippen molar-refractivity contribution in [1.29, 1.82) is 0 Å². The van der Waals surface area contributed by atoms with Gasteiger partial charge < -0.3 is 10.2 Å². The first-order chi connectivity index (χ1) is 13.0. The van der Waals surface area contributed by atoms with Gasteiger partial charge >= 0.3 is 0 Å². The molecule has 2 amide bonds. The van der Waals surface area contributed by atoms with Gasteiger partial charge in [-0.2, -0.15) is 0 Å². The van der Waals surface area contributed by atoms with Crippen LogP contribution in [0, 0.1) is 5.82 Å². The summed E-state index contributed by atoms with van der Waals surface area (Å²) in [6, 6.07) is 13.1. The molecule has 1 saturated heterocycles. The Bertz CT molecular complexity index is 804.